The van der Waals surface area contributed by atoms with Gasteiger partial charge in [0, 0.05) is 17.4 Å². The van der Waals surface area contributed by atoms with Crippen LogP contribution in [0.3, 0.4) is 0 Å². The Morgan fingerprint density at radius 3 is 2.68 bits per heavy atom. The zero-order valence-electron chi connectivity index (χ0n) is 11.3. The highest BCUT2D eigenvalue weighted by Crippen LogP contribution is 2.78. The van der Waals surface area contributed by atoms with Crippen LogP contribution in [0.5, 0.6) is 0 Å². The molecule has 2 nitrogen and oxygen atoms in total. The molecule has 4 bridgehead atoms. The number of rotatable bonds is 2. The maximum absolute atomic E-state index is 11.9. The first kappa shape index (κ1) is 10.7. The Morgan fingerprint density at radius 1 is 1.21 bits per heavy atom. The molecule has 5 rings (SSSR count). The van der Waals surface area contributed by atoms with Crippen molar-refractivity contribution in [3.63, 3.8) is 0 Å². The van der Waals surface area contributed by atoms with E-state index in [0.29, 0.717) is 17.4 Å². The summed E-state index contributed by atoms with van der Waals surface area (Å²) in [5, 5.41) is 0. The SMILES string of the molecule is C=C(C)C(=O)OC12CC1C1CC2C2C3C=CC(C3)C12. The Balaban J connectivity index is 1.47. The molecule has 0 aliphatic heterocycles. The molecule has 8 atom stereocenters. The lowest BCUT2D eigenvalue weighted by molar-refractivity contribution is -0.152. The average molecular weight is 256 g/mol. The van der Waals surface area contributed by atoms with Crippen LogP contribution >= 0.6 is 0 Å². The predicted molar refractivity (Wildman–Crippen MR) is 71.1 cm³/mol. The lowest BCUT2D eigenvalue weighted by atomic mass is 9.72. The number of allylic oxidation sites excluding steroid dienone is 2. The maximum Gasteiger partial charge on any atom is 0.333 e. The Hall–Kier alpha value is -1.05. The van der Waals surface area contributed by atoms with E-state index in [1.54, 1.807) is 6.92 Å². The summed E-state index contributed by atoms with van der Waals surface area (Å²) < 4.78 is 5.92. The van der Waals surface area contributed by atoms with E-state index in [1.807, 2.05) is 0 Å². The fourth-order valence-corrected chi connectivity index (χ4v) is 6.31. The second-order valence-corrected chi connectivity index (χ2v) is 7.54. The summed E-state index contributed by atoms with van der Waals surface area (Å²) in [4.78, 5) is 11.9. The van der Waals surface area contributed by atoms with E-state index in [1.165, 1.54) is 12.8 Å². The number of esters is 1. The van der Waals surface area contributed by atoms with Gasteiger partial charge < -0.3 is 4.74 Å². The maximum atomic E-state index is 11.9. The molecular formula is C17H20O2. The third-order valence-electron chi connectivity index (χ3n) is 6.85. The molecule has 2 heteroatoms. The van der Waals surface area contributed by atoms with Crippen LogP contribution in [0, 0.1) is 41.4 Å². The zero-order valence-corrected chi connectivity index (χ0v) is 11.3. The molecule has 8 unspecified atom stereocenters. The standard InChI is InChI=1S/C17H20O2/c1-8(2)16(18)19-17-7-13(17)11-6-12(17)15-10-4-3-9(5-10)14(11)15/h3-4,9-15H,1,5-7H2,2H3. The molecule has 0 aromatic rings. The van der Waals surface area contributed by atoms with E-state index < -0.39 is 0 Å². The van der Waals surface area contributed by atoms with Crippen LogP contribution in [0.4, 0.5) is 0 Å². The third-order valence-corrected chi connectivity index (χ3v) is 6.85. The summed E-state index contributed by atoms with van der Waals surface area (Å²) in [6.07, 6.45) is 8.74. The minimum atomic E-state index is -0.162. The summed E-state index contributed by atoms with van der Waals surface area (Å²) in [7, 11) is 0. The van der Waals surface area contributed by atoms with Crippen LogP contribution in [0.15, 0.2) is 24.3 Å². The Bertz CT molecular complexity index is 533. The minimum absolute atomic E-state index is 0.0693. The quantitative estimate of drug-likeness (QED) is 0.328. The van der Waals surface area contributed by atoms with Gasteiger partial charge in [-0.05, 0) is 55.8 Å². The Kier molecular flexibility index (Phi) is 1.69. The molecular weight excluding hydrogens is 236 g/mol. The fraction of sp³-hybridized carbons (Fsp3) is 0.706. The summed E-state index contributed by atoms with van der Waals surface area (Å²) in [6, 6.07) is 0. The van der Waals surface area contributed by atoms with Gasteiger partial charge in [-0.25, -0.2) is 4.79 Å². The smallest absolute Gasteiger partial charge is 0.333 e. The van der Waals surface area contributed by atoms with Crippen LogP contribution < -0.4 is 0 Å². The zero-order chi connectivity index (χ0) is 12.9. The molecule has 5 aliphatic rings. The molecule has 0 amide bonds. The number of carbonyl (C=O) groups is 1. The highest BCUT2D eigenvalue weighted by atomic mass is 16.6. The molecule has 0 spiro atoms. The lowest BCUT2D eigenvalue weighted by Crippen LogP contribution is -2.38. The van der Waals surface area contributed by atoms with Crippen LogP contribution in [-0.2, 0) is 9.53 Å². The Morgan fingerprint density at radius 2 is 1.95 bits per heavy atom. The van der Waals surface area contributed by atoms with Crippen LogP contribution in [0.25, 0.3) is 0 Å². The van der Waals surface area contributed by atoms with Crippen molar-refractivity contribution < 1.29 is 9.53 Å². The summed E-state index contributed by atoms with van der Waals surface area (Å²) in [6.45, 7) is 5.48. The lowest BCUT2D eigenvalue weighted by Gasteiger charge is -2.36. The van der Waals surface area contributed by atoms with E-state index in [-0.39, 0.29) is 11.6 Å². The topological polar surface area (TPSA) is 26.3 Å². The first-order valence-corrected chi connectivity index (χ1v) is 7.69. The van der Waals surface area contributed by atoms with E-state index in [4.69, 9.17) is 4.74 Å². The third kappa shape index (κ3) is 1.05. The minimum Gasteiger partial charge on any atom is -0.455 e. The first-order valence-electron chi connectivity index (χ1n) is 7.69. The number of fused-ring (bicyclic) bond motifs is 12. The normalized spacial score (nSPS) is 58.1. The molecule has 0 N–H and O–H groups in total. The largest absolute Gasteiger partial charge is 0.455 e. The molecule has 0 heterocycles. The van der Waals surface area contributed by atoms with Crippen LogP contribution in [0.2, 0.25) is 0 Å². The second-order valence-electron chi connectivity index (χ2n) is 7.54. The fourth-order valence-electron chi connectivity index (χ4n) is 6.31. The van der Waals surface area contributed by atoms with Gasteiger partial charge in [0.25, 0.3) is 0 Å². The van der Waals surface area contributed by atoms with Crippen molar-refractivity contribution in [2.75, 3.05) is 0 Å². The molecule has 0 aromatic heterocycles. The number of hydrogen-bond acceptors (Lipinski definition) is 2. The van der Waals surface area contributed by atoms with Gasteiger partial charge in [0.15, 0.2) is 0 Å². The average Bonchev–Trinajstić information content (AvgIpc) is 2.84. The number of carbonyl (C=O) groups excluding carboxylic acids is 1. The molecule has 4 saturated carbocycles. The summed E-state index contributed by atoms with van der Waals surface area (Å²) in [5.74, 6) is 5.37. The van der Waals surface area contributed by atoms with E-state index in [2.05, 4.69) is 18.7 Å². The van der Waals surface area contributed by atoms with Crippen molar-refractivity contribution in [1.82, 2.24) is 0 Å². The monoisotopic (exact) mass is 256 g/mol. The van der Waals surface area contributed by atoms with E-state index >= 15 is 0 Å². The molecule has 0 saturated heterocycles. The van der Waals surface area contributed by atoms with Crippen LogP contribution in [-0.4, -0.2) is 11.6 Å². The molecule has 19 heavy (non-hydrogen) atoms. The summed E-state index contributed by atoms with van der Waals surface area (Å²) >= 11 is 0. The molecule has 100 valence electrons. The van der Waals surface area contributed by atoms with Gasteiger partial charge in [-0.15, -0.1) is 0 Å². The van der Waals surface area contributed by atoms with Gasteiger partial charge in [-0.3, -0.25) is 0 Å². The predicted octanol–water partition coefficient (Wildman–Crippen LogP) is 2.95. The summed E-state index contributed by atoms with van der Waals surface area (Å²) in [5.41, 5.74) is 0.479. The van der Waals surface area contributed by atoms with E-state index in [0.717, 1.165) is 36.0 Å². The highest BCUT2D eigenvalue weighted by Gasteiger charge is 2.79. The van der Waals surface area contributed by atoms with Crippen molar-refractivity contribution in [2.45, 2.75) is 31.8 Å². The van der Waals surface area contributed by atoms with Gasteiger partial charge in [0.05, 0.1) is 0 Å². The molecule has 0 aromatic carbocycles. The van der Waals surface area contributed by atoms with Crippen molar-refractivity contribution in [2.24, 2.45) is 41.4 Å². The van der Waals surface area contributed by atoms with Gasteiger partial charge in [-0.1, -0.05) is 18.7 Å². The van der Waals surface area contributed by atoms with Gasteiger partial charge in [0.1, 0.15) is 5.60 Å². The van der Waals surface area contributed by atoms with Gasteiger partial charge in [-0.2, -0.15) is 0 Å². The highest BCUT2D eigenvalue weighted by molar-refractivity contribution is 5.87. The Labute approximate surface area is 113 Å². The molecule has 0 radical (unpaired) electrons. The first-order chi connectivity index (χ1) is 9.12. The van der Waals surface area contributed by atoms with Crippen molar-refractivity contribution >= 4 is 5.97 Å². The molecule has 4 fully saturated rings. The van der Waals surface area contributed by atoms with Gasteiger partial charge >= 0.3 is 5.97 Å². The number of ether oxygens (including phenoxy) is 1. The molecule has 5 aliphatic carbocycles. The van der Waals surface area contributed by atoms with Crippen molar-refractivity contribution in [3.05, 3.63) is 24.3 Å². The second kappa shape index (κ2) is 2.99. The van der Waals surface area contributed by atoms with Gasteiger partial charge in [0.2, 0.25) is 0 Å². The van der Waals surface area contributed by atoms with Crippen molar-refractivity contribution in [3.8, 4) is 0 Å². The number of hydrogen-bond donors (Lipinski definition) is 0. The van der Waals surface area contributed by atoms with Crippen molar-refractivity contribution in [1.29, 1.82) is 0 Å². The van der Waals surface area contributed by atoms with Crippen LogP contribution in [0.1, 0.15) is 26.2 Å². The van der Waals surface area contributed by atoms with E-state index in [9.17, 15) is 4.79 Å².